The third-order valence-electron chi connectivity index (χ3n) is 6.64. The summed E-state index contributed by atoms with van der Waals surface area (Å²) in [6.45, 7) is 9.69. The Morgan fingerprint density at radius 1 is 1.05 bits per heavy atom. The summed E-state index contributed by atoms with van der Waals surface area (Å²) in [5.41, 5.74) is 2.45. The fourth-order valence-corrected chi connectivity index (χ4v) is 5.46. The number of ether oxygens (including phenoxy) is 2. The van der Waals surface area contributed by atoms with Gasteiger partial charge in [-0.2, -0.15) is 0 Å². The number of nitrogens with one attached hydrogen (secondary N) is 1. The van der Waals surface area contributed by atoms with Crippen molar-refractivity contribution in [2.24, 2.45) is 5.92 Å². The SMILES string of the molecule is CC[C@@H](C(=O)NCC(C)C)N(Cc1ccccc1C)C(=O)CCCN(c1ccc2c(c1)OCCO2)S(C)(=O)=O. The number of hydrogen-bond donors (Lipinski definition) is 1. The van der Waals surface area contributed by atoms with Crippen LogP contribution in [0.15, 0.2) is 42.5 Å². The summed E-state index contributed by atoms with van der Waals surface area (Å²) in [6.07, 6.45) is 1.99. The predicted molar refractivity (Wildman–Crippen MR) is 153 cm³/mol. The standard InChI is InChI=1S/C29H41N3O6S/c1-6-25(29(34)30-19-21(2)3)31(20-23-11-8-7-10-22(23)4)28(33)12-9-15-32(39(5,35)36)24-13-14-26-27(18-24)38-17-16-37-26/h7-8,10-11,13-14,18,21,25H,6,9,12,15-17,19-20H2,1-5H3,(H,30,34)/t25-/m0/s1. The second-order valence-electron chi connectivity index (χ2n) is 10.3. The number of rotatable bonds is 13. The van der Waals surface area contributed by atoms with Crippen molar-refractivity contribution in [3.63, 3.8) is 0 Å². The van der Waals surface area contributed by atoms with Crippen LogP contribution in [0.5, 0.6) is 11.5 Å². The van der Waals surface area contributed by atoms with Crippen molar-refractivity contribution < 1.29 is 27.5 Å². The molecule has 3 rings (SSSR count). The van der Waals surface area contributed by atoms with Gasteiger partial charge in [0.25, 0.3) is 0 Å². The summed E-state index contributed by atoms with van der Waals surface area (Å²) in [4.78, 5) is 28.3. The van der Waals surface area contributed by atoms with Crippen LogP contribution in [-0.4, -0.2) is 63.7 Å². The first kappa shape index (κ1) is 30.3. The summed E-state index contributed by atoms with van der Waals surface area (Å²) in [7, 11) is -3.62. The Labute approximate surface area is 232 Å². The zero-order valence-electron chi connectivity index (χ0n) is 23.6. The lowest BCUT2D eigenvalue weighted by molar-refractivity contribution is -0.141. The van der Waals surface area contributed by atoms with Crippen molar-refractivity contribution in [3.05, 3.63) is 53.6 Å². The molecule has 39 heavy (non-hydrogen) atoms. The molecule has 0 unspecified atom stereocenters. The molecule has 1 atom stereocenters. The largest absolute Gasteiger partial charge is 0.486 e. The molecule has 1 aliphatic heterocycles. The number of anilines is 1. The van der Waals surface area contributed by atoms with Gasteiger partial charge in [0.1, 0.15) is 19.3 Å². The molecule has 2 amide bonds. The number of benzene rings is 2. The lowest BCUT2D eigenvalue weighted by atomic mass is 10.0. The highest BCUT2D eigenvalue weighted by atomic mass is 32.2. The van der Waals surface area contributed by atoms with Gasteiger partial charge in [0, 0.05) is 32.1 Å². The maximum absolute atomic E-state index is 13.6. The van der Waals surface area contributed by atoms with Crippen molar-refractivity contribution in [1.82, 2.24) is 10.2 Å². The number of aryl methyl sites for hydroxylation is 1. The molecule has 2 aromatic rings. The van der Waals surface area contributed by atoms with Crippen LogP contribution in [0.3, 0.4) is 0 Å². The normalized spacial score (nSPS) is 13.6. The molecule has 0 spiro atoms. The molecule has 9 nitrogen and oxygen atoms in total. The molecule has 1 aliphatic rings. The van der Waals surface area contributed by atoms with Crippen molar-refractivity contribution in [1.29, 1.82) is 0 Å². The van der Waals surface area contributed by atoms with E-state index in [0.717, 1.165) is 17.4 Å². The van der Waals surface area contributed by atoms with Crippen molar-refractivity contribution in [2.45, 2.75) is 59.5 Å². The number of hydrogen-bond acceptors (Lipinski definition) is 6. The van der Waals surface area contributed by atoms with Crippen molar-refractivity contribution in [3.8, 4) is 11.5 Å². The van der Waals surface area contributed by atoms with Gasteiger partial charge in [-0.1, -0.05) is 45.0 Å². The minimum absolute atomic E-state index is 0.0937. The molecule has 0 saturated heterocycles. The molecule has 0 bridgehead atoms. The minimum Gasteiger partial charge on any atom is -0.486 e. The maximum Gasteiger partial charge on any atom is 0.242 e. The van der Waals surface area contributed by atoms with Crippen molar-refractivity contribution >= 4 is 27.5 Å². The Bertz CT molecular complexity index is 1250. The van der Waals surface area contributed by atoms with Crippen molar-refractivity contribution in [2.75, 3.05) is 36.9 Å². The Morgan fingerprint density at radius 2 is 1.74 bits per heavy atom. The topological polar surface area (TPSA) is 105 Å². The Morgan fingerprint density at radius 3 is 2.38 bits per heavy atom. The first-order valence-corrected chi connectivity index (χ1v) is 15.3. The monoisotopic (exact) mass is 559 g/mol. The number of amides is 2. The molecule has 2 aromatic carbocycles. The number of nitrogens with zero attached hydrogens (tertiary/aromatic N) is 2. The second-order valence-corrected chi connectivity index (χ2v) is 12.2. The van der Waals surface area contributed by atoms with E-state index in [4.69, 9.17) is 9.47 Å². The van der Waals surface area contributed by atoms with Gasteiger partial charge < -0.3 is 19.7 Å². The van der Waals surface area contributed by atoms with Gasteiger partial charge in [0.15, 0.2) is 11.5 Å². The molecule has 0 aromatic heterocycles. The summed E-state index contributed by atoms with van der Waals surface area (Å²) >= 11 is 0. The summed E-state index contributed by atoms with van der Waals surface area (Å²) in [5.74, 6) is 0.977. The average molecular weight is 560 g/mol. The summed E-state index contributed by atoms with van der Waals surface area (Å²) in [6, 6.07) is 12.2. The fraction of sp³-hybridized carbons (Fsp3) is 0.517. The summed E-state index contributed by atoms with van der Waals surface area (Å²) in [5, 5.41) is 2.97. The van der Waals surface area contributed by atoms with Crippen LogP contribution in [0.1, 0.15) is 51.2 Å². The van der Waals surface area contributed by atoms with Crippen LogP contribution < -0.4 is 19.1 Å². The molecule has 0 saturated carbocycles. The van der Waals surface area contributed by atoms with Gasteiger partial charge in [-0.05, 0) is 48.9 Å². The number of carbonyl (C=O) groups is 2. The van der Waals surface area contributed by atoms with Crippen LogP contribution in [0.4, 0.5) is 5.69 Å². The number of sulfonamides is 1. The highest BCUT2D eigenvalue weighted by Gasteiger charge is 2.29. The summed E-state index contributed by atoms with van der Waals surface area (Å²) < 4.78 is 37.8. The van der Waals surface area contributed by atoms with E-state index in [-0.39, 0.29) is 37.1 Å². The van der Waals surface area contributed by atoms with Crippen LogP contribution in [0.2, 0.25) is 0 Å². The highest BCUT2D eigenvalue weighted by molar-refractivity contribution is 7.92. The number of fused-ring (bicyclic) bond motifs is 1. The van der Waals surface area contributed by atoms with Gasteiger partial charge in [0.05, 0.1) is 11.9 Å². The quantitative estimate of drug-likeness (QED) is 0.399. The van der Waals surface area contributed by atoms with Crippen LogP contribution >= 0.6 is 0 Å². The molecule has 1 heterocycles. The van der Waals surface area contributed by atoms with E-state index in [1.54, 1.807) is 23.1 Å². The molecule has 1 N–H and O–H groups in total. The molecular formula is C29H41N3O6S. The molecule has 0 aliphatic carbocycles. The van der Waals surface area contributed by atoms with Crippen LogP contribution in [0, 0.1) is 12.8 Å². The van der Waals surface area contributed by atoms with Gasteiger partial charge in [-0.15, -0.1) is 0 Å². The molecular weight excluding hydrogens is 518 g/mol. The smallest absolute Gasteiger partial charge is 0.242 e. The Balaban J connectivity index is 1.77. The first-order valence-electron chi connectivity index (χ1n) is 13.5. The Kier molecular flexibility index (Phi) is 10.6. The molecule has 0 fully saturated rings. The second kappa shape index (κ2) is 13.7. The van der Waals surface area contributed by atoms with Crippen LogP contribution in [-0.2, 0) is 26.2 Å². The fourth-order valence-electron chi connectivity index (χ4n) is 4.50. The molecule has 0 radical (unpaired) electrons. The minimum atomic E-state index is -3.62. The first-order chi connectivity index (χ1) is 18.5. The average Bonchev–Trinajstić information content (AvgIpc) is 2.89. The lowest BCUT2D eigenvalue weighted by Gasteiger charge is -2.32. The van der Waals surface area contributed by atoms with E-state index in [0.29, 0.717) is 49.9 Å². The molecule has 10 heteroatoms. The highest BCUT2D eigenvalue weighted by Crippen LogP contribution is 2.34. The maximum atomic E-state index is 13.6. The van der Waals surface area contributed by atoms with Crippen LogP contribution in [0.25, 0.3) is 0 Å². The van der Waals surface area contributed by atoms with Gasteiger partial charge >= 0.3 is 0 Å². The van der Waals surface area contributed by atoms with Gasteiger partial charge in [0.2, 0.25) is 21.8 Å². The van der Waals surface area contributed by atoms with E-state index < -0.39 is 16.1 Å². The van der Waals surface area contributed by atoms with E-state index in [9.17, 15) is 18.0 Å². The van der Waals surface area contributed by atoms with Gasteiger partial charge in [-0.25, -0.2) is 8.42 Å². The zero-order chi connectivity index (χ0) is 28.6. The number of carbonyl (C=O) groups excluding carboxylic acids is 2. The van der Waals surface area contributed by atoms with E-state index >= 15 is 0 Å². The Hall–Kier alpha value is -3.27. The molecule has 214 valence electrons. The lowest BCUT2D eigenvalue weighted by Crippen LogP contribution is -2.49. The van der Waals surface area contributed by atoms with E-state index in [1.165, 1.54) is 4.31 Å². The van der Waals surface area contributed by atoms with E-state index in [2.05, 4.69) is 5.32 Å². The zero-order valence-corrected chi connectivity index (χ0v) is 24.4. The third-order valence-corrected chi connectivity index (χ3v) is 7.83. The predicted octanol–water partition coefficient (Wildman–Crippen LogP) is 3.89. The third kappa shape index (κ3) is 8.36. The van der Waals surface area contributed by atoms with E-state index in [1.807, 2.05) is 52.0 Å². The van der Waals surface area contributed by atoms with Gasteiger partial charge in [-0.3, -0.25) is 13.9 Å².